The highest BCUT2D eigenvalue weighted by Gasteiger charge is 2.29. The van der Waals surface area contributed by atoms with Crippen molar-refractivity contribution in [1.29, 1.82) is 0 Å². The standard InChI is InChI=1S/C66H54N4/c1-42-36-44(3)61(45(4)37-42)63(62-46(5)38-43(2)39-47(62)6)57-34-35-60(56-29-19-18-28-55(56)57)70(54-32-30-49(31-33-54)48-20-10-7-11-21-48)66-68-64(51-24-14-9-15-25-51)67-65(69-66)59-41-53-27-17-16-26-52(53)40-58(59)50-22-12-8-13-23-50/h7-41,63H,1-6H3. The summed E-state index contributed by atoms with van der Waals surface area (Å²) in [5, 5.41) is 4.54. The summed E-state index contributed by atoms with van der Waals surface area (Å²) in [6, 6.07) is 76.1. The quantitative estimate of drug-likeness (QED) is 0.128. The van der Waals surface area contributed by atoms with Crippen LogP contribution in [-0.2, 0) is 0 Å². The summed E-state index contributed by atoms with van der Waals surface area (Å²) in [6.07, 6.45) is 0. The minimum Gasteiger partial charge on any atom is -0.278 e. The Morgan fingerprint density at radius 3 is 1.39 bits per heavy atom. The van der Waals surface area contributed by atoms with E-state index >= 15 is 0 Å². The highest BCUT2D eigenvalue weighted by atomic mass is 15.3. The molecule has 70 heavy (non-hydrogen) atoms. The van der Waals surface area contributed by atoms with E-state index in [1.54, 1.807) is 0 Å². The molecule has 0 bridgehead atoms. The lowest BCUT2D eigenvalue weighted by Gasteiger charge is -2.30. The molecule has 0 unspecified atom stereocenters. The van der Waals surface area contributed by atoms with Crippen LogP contribution in [0.1, 0.15) is 56.0 Å². The number of anilines is 3. The van der Waals surface area contributed by atoms with Crippen LogP contribution in [0.5, 0.6) is 0 Å². The first kappa shape index (κ1) is 44.1. The number of nitrogens with zero attached hydrogens (tertiary/aromatic N) is 4. The Kier molecular flexibility index (Phi) is 11.7. The van der Waals surface area contributed by atoms with Crippen LogP contribution in [0, 0.1) is 41.5 Å². The maximum Gasteiger partial charge on any atom is 0.238 e. The van der Waals surface area contributed by atoms with Crippen molar-refractivity contribution in [2.75, 3.05) is 4.90 Å². The Bertz CT molecular complexity index is 3610. The Hall–Kier alpha value is -8.47. The summed E-state index contributed by atoms with van der Waals surface area (Å²) < 4.78 is 0. The van der Waals surface area contributed by atoms with E-state index in [9.17, 15) is 0 Å². The summed E-state index contributed by atoms with van der Waals surface area (Å²) in [5.74, 6) is 1.69. The number of hydrogen-bond donors (Lipinski definition) is 0. The molecule has 1 aromatic heterocycles. The van der Waals surface area contributed by atoms with Crippen LogP contribution in [0.3, 0.4) is 0 Å². The molecule has 0 atom stereocenters. The van der Waals surface area contributed by atoms with Gasteiger partial charge in [-0.15, -0.1) is 0 Å². The summed E-state index contributed by atoms with van der Waals surface area (Å²) in [6.45, 7) is 13.5. The van der Waals surface area contributed by atoms with Crippen molar-refractivity contribution in [3.8, 4) is 45.0 Å². The van der Waals surface area contributed by atoms with Gasteiger partial charge in [0.25, 0.3) is 0 Å². The van der Waals surface area contributed by atoms with Gasteiger partial charge in [-0.05, 0) is 149 Å². The van der Waals surface area contributed by atoms with Gasteiger partial charge >= 0.3 is 0 Å². The Morgan fingerprint density at radius 1 is 0.357 bits per heavy atom. The largest absolute Gasteiger partial charge is 0.278 e. The van der Waals surface area contributed by atoms with E-state index in [4.69, 9.17) is 15.0 Å². The molecule has 11 aromatic rings. The molecule has 11 rings (SSSR count). The molecule has 0 amide bonds. The molecule has 0 aliphatic rings. The van der Waals surface area contributed by atoms with Crippen molar-refractivity contribution in [2.24, 2.45) is 0 Å². The predicted octanol–water partition coefficient (Wildman–Crippen LogP) is 17.3. The molecular formula is C66H54N4. The zero-order chi connectivity index (χ0) is 47.9. The van der Waals surface area contributed by atoms with Crippen LogP contribution in [0.15, 0.2) is 212 Å². The number of aryl methyl sites for hydroxylation is 6. The van der Waals surface area contributed by atoms with Gasteiger partial charge in [0.05, 0.1) is 5.69 Å². The van der Waals surface area contributed by atoms with Crippen molar-refractivity contribution in [2.45, 2.75) is 47.5 Å². The maximum atomic E-state index is 5.58. The van der Waals surface area contributed by atoms with Gasteiger partial charge in [0.1, 0.15) is 0 Å². The highest BCUT2D eigenvalue weighted by Crippen LogP contribution is 2.47. The zero-order valence-electron chi connectivity index (χ0n) is 40.6. The average Bonchev–Trinajstić information content (AvgIpc) is 3.38. The monoisotopic (exact) mass is 902 g/mol. The summed E-state index contributed by atoms with van der Waals surface area (Å²) in [7, 11) is 0. The smallest absolute Gasteiger partial charge is 0.238 e. The molecular weight excluding hydrogens is 849 g/mol. The SMILES string of the molecule is Cc1cc(C)c(C(c2c(C)cc(C)cc2C)c2ccc(N(c3ccc(-c4ccccc4)cc3)c3nc(-c4ccccc4)nc(-c4cc5ccccc5cc4-c4ccccc4)n3)c3ccccc23)c(C)c1. The number of benzene rings is 10. The fourth-order valence-electron chi connectivity index (χ4n) is 10.9. The molecule has 338 valence electrons. The minimum atomic E-state index is -0.0171. The second-order valence-corrected chi connectivity index (χ2v) is 18.8. The van der Waals surface area contributed by atoms with Gasteiger partial charge in [-0.3, -0.25) is 4.90 Å². The molecule has 4 nitrogen and oxygen atoms in total. The minimum absolute atomic E-state index is 0.0171. The molecule has 0 aliphatic carbocycles. The van der Waals surface area contributed by atoms with E-state index in [0.29, 0.717) is 17.6 Å². The topological polar surface area (TPSA) is 41.9 Å². The molecule has 0 radical (unpaired) electrons. The van der Waals surface area contributed by atoms with Crippen LogP contribution in [0.2, 0.25) is 0 Å². The van der Waals surface area contributed by atoms with E-state index in [1.807, 2.05) is 18.2 Å². The van der Waals surface area contributed by atoms with Crippen molar-refractivity contribution in [3.63, 3.8) is 0 Å². The van der Waals surface area contributed by atoms with Gasteiger partial charge in [0.15, 0.2) is 11.6 Å². The fraction of sp³-hybridized carbons (Fsp3) is 0.106. The third-order valence-corrected chi connectivity index (χ3v) is 13.8. The molecule has 4 heteroatoms. The van der Waals surface area contributed by atoms with E-state index in [0.717, 1.165) is 60.9 Å². The van der Waals surface area contributed by atoms with E-state index in [1.165, 1.54) is 55.5 Å². The van der Waals surface area contributed by atoms with Gasteiger partial charge in [-0.1, -0.05) is 193 Å². The summed E-state index contributed by atoms with van der Waals surface area (Å²) in [5.41, 5.74) is 19.9. The maximum absolute atomic E-state index is 5.58. The first-order valence-corrected chi connectivity index (χ1v) is 24.2. The van der Waals surface area contributed by atoms with Gasteiger partial charge < -0.3 is 0 Å². The van der Waals surface area contributed by atoms with Gasteiger partial charge in [-0.25, -0.2) is 4.98 Å². The lowest BCUT2D eigenvalue weighted by Crippen LogP contribution is -2.17. The Balaban J connectivity index is 1.20. The van der Waals surface area contributed by atoms with Crippen molar-refractivity contribution < 1.29 is 0 Å². The number of rotatable bonds is 10. The number of hydrogen-bond acceptors (Lipinski definition) is 4. The first-order valence-electron chi connectivity index (χ1n) is 24.2. The van der Waals surface area contributed by atoms with Crippen LogP contribution < -0.4 is 4.90 Å². The molecule has 0 fully saturated rings. The van der Waals surface area contributed by atoms with Gasteiger partial charge in [0.2, 0.25) is 5.95 Å². The normalized spacial score (nSPS) is 11.4. The molecule has 0 aliphatic heterocycles. The molecule has 0 saturated carbocycles. The van der Waals surface area contributed by atoms with Crippen LogP contribution in [-0.4, -0.2) is 15.0 Å². The number of fused-ring (bicyclic) bond motifs is 2. The second kappa shape index (κ2) is 18.6. The van der Waals surface area contributed by atoms with Crippen LogP contribution in [0.4, 0.5) is 17.3 Å². The molecule has 1 heterocycles. The molecule has 0 spiro atoms. The van der Waals surface area contributed by atoms with Crippen molar-refractivity contribution in [3.05, 3.63) is 262 Å². The van der Waals surface area contributed by atoms with Crippen molar-refractivity contribution >= 4 is 38.9 Å². The summed E-state index contributed by atoms with van der Waals surface area (Å²) in [4.78, 5) is 18.6. The Morgan fingerprint density at radius 2 is 0.814 bits per heavy atom. The molecule has 0 saturated heterocycles. The van der Waals surface area contributed by atoms with E-state index in [2.05, 4.69) is 241 Å². The molecule has 10 aromatic carbocycles. The average molecular weight is 903 g/mol. The third-order valence-electron chi connectivity index (χ3n) is 13.8. The van der Waals surface area contributed by atoms with Crippen molar-refractivity contribution in [1.82, 2.24) is 15.0 Å². The van der Waals surface area contributed by atoms with E-state index < -0.39 is 0 Å². The zero-order valence-corrected chi connectivity index (χ0v) is 40.6. The van der Waals surface area contributed by atoms with Crippen LogP contribution >= 0.6 is 0 Å². The predicted molar refractivity (Wildman–Crippen MR) is 294 cm³/mol. The lowest BCUT2D eigenvalue weighted by molar-refractivity contribution is 0.927. The summed E-state index contributed by atoms with van der Waals surface area (Å²) >= 11 is 0. The molecule has 0 N–H and O–H groups in total. The highest BCUT2D eigenvalue weighted by molar-refractivity contribution is 6.01. The van der Waals surface area contributed by atoms with Gasteiger partial charge in [-0.2, -0.15) is 9.97 Å². The van der Waals surface area contributed by atoms with Gasteiger partial charge in [0, 0.05) is 28.1 Å². The third kappa shape index (κ3) is 8.32. The van der Waals surface area contributed by atoms with Crippen LogP contribution in [0.25, 0.3) is 66.6 Å². The lowest BCUT2D eigenvalue weighted by atomic mass is 9.75. The first-order chi connectivity index (χ1) is 34.2. The number of aromatic nitrogens is 3. The Labute approximate surface area is 411 Å². The second-order valence-electron chi connectivity index (χ2n) is 18.8. The fourth-order valence-corrected chi connectivity index (χ4v) is 10.9. The van der Waals surface area contributed by atoms with E-state index in [-0.39, 0.29) is 5.92 Å².